The number of halogens is 1. The van der Waals surface area contributed by atoms with Crippen molar-refractivity contribution in [1.82, 2.24) is 0 Å². The maximum Gasteiger partial charge on any atom is 0.228 e. The van der Waals surface area contributed by atoms with Crippen LogP contribution >= 0.6 is 28.1 Å². The van der Waals surface area contributed by atoms with Crippen molar-refractivity contribution < 1.29 is 4.79 Å². The largest absolute Gasteiger partial charge is 0.389 e. The Labute approximate surface area is 131 Å². The van der Waals surface area contributed by atoms with Gasteiger partial charge in [-0.3, -0.25) is 4.79 Å². The molecular formula is C15H13BrN2OS. The van der Waals surface area contributed by atoms with E-state index in [0.717, 1.165) is 21.3 Å². The standard InChI is InChI=1S/C15H13BrN2OS/c16-12-5-1-10(2-6-12)9-14(19)18-13-7-3-11(4-8-13)15(17)20/h1-8H,9H2,(H2,17,20)(H,18,19). The monoisotopic (exact) mass is 348 g/mol. The van der Waals surface area contributed by atoms with Crippen LogP contribution in [0.3, 0.4) is 0 Å². The normalized spacial score (nSPS) is 10.1. The third kappa shape index (κ3) is 4.15. The minimum absolute atomic E-state index is 0.0598. The molecule has 5 heteroatoms. The van der Waals surface area contributed by atoms with Crippen molar-refractivity contribution in [2.24, 2.45) is 5.73 Å². The van der Waals surface area contributed by atoms with Crippen molar-refractivity contribution in [1.29, 1.82) is 0 Å². The lowest BCUT2D eigenvalue weighted by Crippen LogP contribution is -2.15. The van der Waals surface area contributed by atoms with Gasteiger partial charge in [-0.05, 0) is 42.0 Å². The van der Waals surface area contributed by atoms with Gasteiger partial charge in [0.25, 0.3) is 0 Å². The van der Waals surface area contributed by atoms with Crippen molar-refractivity contribution in [2.75, 3.05) is 5.32 Å². The summed E-state index contributed by atoms with van der Waals surface area (Å²) in [6.45, 7) is 0. The van der Waals surface area contributed by atoms with Gasteiger partial charge < -0.3 is 11.1 Å². The Morgan fingerprint density at radius 1 is 1.10 bits per heavy atom. The number of amides is 1. The molecule has 102 valence electrons. The van der Waals surface area contributed by atoms with Gasteiger partial charge in [-0.25, -0.2) is 0 Å². The van der Waals surface area contributed by atoms with Crippen molar-refractivity contribution in [3.05, 3.63) is 64.1 Å². The molecule has 3 N–H and O–H groups in total. The van der Waals surface area contributed by atoms with Crippen LogP contribution in [0.15, 0.2) is 53.0 Å². The number of rotatable bonds is 4. The second-order valence-corrected chi connectivity index (χ2v) is 5.65. The molecule has 0 fully saturated rings. The molecule has 0 spiro atoms. The van der Waals surface area contributed by atoms with Gasteiger partial charge in [0.2, 0.25) is 5.91 Å². The van der Waals surface area contributed by atoms with E-state index in [9.17, 15) is 4.79 Å². The number of nitrogens with one attached hydrogen (secondary N) is 1. The highest BCUT2D eigenvalue weighted by Gasteiger charge is 2.04. The Balaban J connectivity index is 1.97. The van der Waals surface area contributed by atoms with Gasteiger partial charge >= 0.3 is 0 Å². The van der Waals surface area contributed by atoms with Crippen LogP contribution in [0, 0.1) is 0 Å². The Morgan fingerprint density at radius 3 is 2.25 bits per heavy atom. The van der Waals surface area contributed by atoms with E-state index in [2.05, 4.69) is 21.2 Å². The number of carbonyl (C=O) groups excluding carboxylic acids is 1. The lowest BCUT2D eigenvalue weighted by Gasteiger charge is -2.06. The van der Waals surface area contributed by atoms with Crippen LogP contribution in [-0.2, 0) is 11.2 Å². The summed E-state index contributed by atoms with van der Waals surface area (Å²) in [4.78, 5) is 12.3. The Kier molecular flexibility index (Phi) is 4.87. The summed E-state index contributed by atoms with van der Waals surface area (Å²) >= 11 is 8.24. The van der Waals surface area contributed by atoms with E-state index in [0.29, 0.717) is 11.4 Å². The first-order valence-electron chi connectivity index (χ1n) is 5.99. The summed E-state index contributed by atoms with van der Waals surface area (Å²) in [5, 5.41) is 2.84. The fourth-order valence-corrected chi connectivity index (χ4v) is 2.11. The molecule has 2 aromatic rings. The summed E-state index contributed by atoms with van der Waals surface area (Å²) < 4.78 is 0.995. The van der Waals surface area contributed by atoms with Crippen molar-refractivity contribution in [3.63, 3.8) is 0 Å². The zero-order chi connectivity index (χ0) is 14.5. The van der Waals surface area contributed by atoms with E-state index in [1.54, 1.807) is 24.3 Å². The van der Waals surface area contributed by atoms with Crippen molar-refractivity contribution in [3.8, 4) is 0 Å². The van der Waals surface area contributed by atoms with Crippen LogP contribution in [-0.4, -0.2) is 10.9 Å². The number of carbonyl (C=O) groups is 1. The molecule has 0 bridgehead atoms. The number of benzene rings is 2. The average Bonchev–Trinajstić information content (AvgIpc) is 2.42. The van der Waals surface area contributed by atoms with Crippen molar-refractivity contribution >= 4 is 44.7 Å². The van der Waals surface area contributed by atoms with Gasteiger partial charge in [-0.15, -0.1) is 0 Å². The Hall–Kier alpha value is -1.72. The predicted molar refractivity (Wildman–Crippen MR) is 88.8 cm³/mol. The molecule has 2 rings (SSSR count). The van der Waals surface area contributed by atoms with Crippen LogP contribution in [0.2, 0.25) is 0 Å². The van der Waals surface area contributed by atoms with E-state index in [-0.39, 0.29) is 5.91 Å². The third-order valence-electron chi connectivity index (χ3n) is 2.73. The highest BCUT2D eigenvalue weighted by atomic mass is 79.9. The van der Waals surface area contributed by atoms with E-state index in [4.69, 9.17) is 18.0 Å². The Morgan fingerprint density at radius 2 is 1.70 bits per heavy atom. The van der Waals surface area contributed by atoms with Crippen LogP contribution in [0.4, 0.5) is 5.69 Å². The maximum atomic E-state index is 11.9. The van der Waals surface area contributed by atoms with E-state index >= 15 is 0 Å². The second kappa shape index (κ2) is 6.63. The summed E-state index contributed by atoms with van der Waals surface area (Å²) in [6, 6.07) is 14.8. The first-order chi connectivity index (χ1) is 9.54. The van der Waals surface area contributed by atoms with Crippen LogP contribution in [0.25, 0.3) is 0 Å². The van der Waals surface area contributed by atoms with Crippen molar-refractivity contribution in [2.45, 2.75) is 6.42 Å². The first kappa shape index (κ1) is 14.7. The molecule has 3 nitrogen and oxygen atoms in total. The van der Waals surface area contributed by atoms with Gasteiger partial charge in [0.15, 0.2) is 0 Å². The van der Waals surface area contributed by atoms with Gasteiger partial charge in [0.05, 0.1) is 6.42 Å². The average molecular weight is 349 g/mol. The van der Waals surface area contributed by atoms with Gasteiger partial charge in [-0.1, -0.05) is 40.3 Å². The first-order valence-corrected chi connectivity index (χ1v) is 7.19. The molecule has 0 aliphatic carbocycles. The zero-order valence-electron chi connectivity index (χ0n) is 10.6. The quantitative estimate of drug-likeness (QED) is 0.833. The van der Waals surface area contributed by atoms with E-state index in [1.165, 1.54) is 0 Å². The molecule has 1 amide bonds. The molecule has 0 heterocycles. The number of nitrogens with two attached hydrogens (primary N) is 1. The number of hydrogen-bond donors (Lipinski definition) is 2. The number of thiocarbonyl (C=S) groups is 1. The number of hydrogen-bond acceptors (Lipinski definition) is 2. The van der Waals surface area contributed by atoms with E-state index in [1.807, 2.05) is 24.3 Å². The molecule has 0 saturated heterocycles. The van der Waals surface area contributed by atoms with Gasteiger partial charge in [0, 0.05) is 15.7 Å². The fraction of sp³-hybridized carbons (Fsp3) is 0.0667. The highest BCUT2D eigenvalue weighted by Crippen LogP contribution is 2.13. The topological polar surface area (TPSA) is 55.1 Å². The summed E-state index contributed by atoms with van der Waals surface area (Å²) in [5.74, 6) is -0.0598. The second-order valence-electron chi connectivity index (χ2n) is 4.29. The molecule has 0 aromatic heterocycles. The molecule has 0 atom stereocenters. The lowest BCUT2D eigenvalue weighted by molar-refractivity contribution is -0.115. The molecule has 0 saturated carbocycles. The number of anilines is 1. The smallest absolute Gasteiger partial charge is 0.228 e. The predicted octanol–water partition coefficient (Wildman–Crippen LogP) is 3.26. The van der Waals surface area contributed by atoms with Crippen LogP contribution in [0.5, 0.6) is 0 Å². The molecule has 0 aliphatic heterocycles. The summed E-state index contributed by atoms with van der Waals surface area (Å²) in [7, 11) is 0. The SMILES string of the molecule is NC(=S)c1ccc(NC(=O)Cc2ccc(Br)cc2)cc1. The van der Waals surface area contributed by atoms with E-state index < -0.39 is 0 Å². The molecule has 20 heavy (non-hydrogen) atoms. The maximum absolute atomic E-state index is 11.9. The van der Waals surface area contributed by atoms with Gasteiger partial charge in [0.1, 0.15) is 4.99 Å². The zero-order valence-corrected chi connectivity index (χ0v) is 13.0. The van der Waals surface area contributed by atoms with Crippen LogP contribution in [0.1, 0.15) is 11.1 Å². The highest BCUT2D eigenvalue weighted by molar-refractivity contribution is 9.10. The third-order valence-corrected chi connectivity index (χ3v) is 3.50. The Bertz CT molecular complexity index is 623. The molecule has 0 radical (unpaired) electrons. The molecule has 0 aliphatic rings. The minimum Gasteiger partial charge on any atom is -0.389 e. The molecule has 2 aromatic carbocycles. The molecule has 0 unspecified atom stereocenters. The lowest BCUT2D eigenvalue weighted by atomic mass is 10.1. The van der Waals surface area contributed by atoms with Gasteiger partial charge in [-0.2, -0.15) is 0 Å². The molecular weight excluding hydrogens is 336 g/mol. The minimum atomic E-state index is -0.0598. The van der Waals surface area contributed by atoms with Crippen LogP contribution < -0.4 is 11.1 Å². The summed E-state index contributed by atoms with van der Waals surface area (Å²) in [6.07, 6.45) is 0.338. The summed E-state index contributed by atoms with van der Waals surface area (Å²) in [5.41, 5.74) is 8.00. The fourth-order valence-electron chi connectivity index (χ4n) is 1.71.